The van der Waals surface area contributed by atoms with Crippen molar-refractivity contribution in [1.82, 2.24) is 10.1 Å². The van der Waals surface area contributed by atoms with Gasteiger partial charge in [0.15, 0.2) is 5.82 Å². The first-order valence-corrected chi connectivity index (χ1v) is 3.24. The Morgan fingerprint density at radius 2 is 2.40 bits per heavy atom. The molecule has 1 aromatic rings. The van der Waals surface area contributed by atoms with Gasteiger partial charge in [-0.3, -0.25) is 0 Å². The van der Waals surface area contributed by atoms with E-state index in [1.807, 2.05) is 0 Å². The average molecular weight is 139 g/mol. The van der Waals surface area contributed by atoms with Gasteiger partial charge in [-0.1, -0.05) is 5.16 Å². The summed E-state index contributed by atoms with van der Waals surface area (Å²) in [4.78, 5) is 3.76. The molecule has 1 aromatic heterocycles. The zero-order valence-electron chi connectivity index (χ0n) is 5.32. The molecule has 4 heteroatoms. The van der Waals surface area contributed by atoms with Gasteiger partial charge in [-0.05, 0) is 12.8 Å². The van der Waals surface area contributed by atoms with Crippen LogP contribution in [-0.4, -0.2) is 21.4 Å². The fourth-order valence-electron chi connectivity index (χ4n) is 1.12. The van der Waals surface area contributed by atoms with Crippen LogP contribution in [0.1, 0.15) is 24.6 Å². The van der Waals surface area contributed by atoms with Crippen LogP contribution < -0.4 is 0 Å². The third-order valence-electron chi connectivity index (χ3n) is 1.82. The number of rotatable bonds is 1. The second-order valence-electron chi connectivity index (χ2n) is 2.57. The predicted molar refractivity (Wildman–Crippen MR) is 31.1 cm³/mol. The van der Waals surface area contributed by atoms with Gasteiger partial charge in [-0.2, -0.15) is 4.98 Å². The standard InChI is InChI=1S/C6H7N2O2/c9-5-1-4(2-5)6-7-3-10-8-6/h4-5,9H,1-2H2. The summed E-state index contributed by atoms with van der Waals surface area (Å²) in [7, 11) is 0. The zero-order valence-corrected chi connectivity index (χ0v) is 5.32. The van der Waals surface area contributed by atoms with Crippen LogP contribution in [0.2, 0.25) is 0 Å². The number of hydrogen-bond donors (Lipinski definition) is 1. The van der Waals surface area contributed by atoms with Crippen LogP contribution in [0.3, 0.4) is 0 Å². The largest absolute Gasteiger partial charge is 0.393 e. The summed E-state index contributed by atoms with van der Waals surface area (Å²) in [5.41, 5.74) is 0. The van der Waals surface area contributed by atoms with E-state index in [-0.39, 0.29) is 6.10 Å². The predicted octanol–water partition coefficient (Wildman–Crippen LogP) is 0.108. The summed E-state index contributed by atoms with van der Waals surface area (Å²) in [6.45, 7) is 0. The van der Waals surface area contributed by atoms with Gasteiger partial charge in [0.25, 0.3) is 0 Å². The van der Waals surface area contributed by atoms with Crippen LogP contribution in [0.4, 0.5) is 0 Å². The van der Waals surface area contributed by atoms with Gasteiger partial charge in [0.05, 0.1) is 6.10 Å². The Bertz CT molecular complexity index is 204. The van der Waals surface area contributed by atoms with Crippen molar-refractivity contribution in [3.63, 3.8) is 0 Å². The quantitative estimate of drug-likeness (QED) is 0.599. The monoisotopic (exact) mass is 139 g/mol. The molecule has 0 saturated heterocycles. The highest BCUT2D eigenvalue weighted by molar-refractivity contribution is 5.00. The molecule has 0 unspecified atom stereocenters. The van der Waals surface area contributed by atoms with Gasteiger partial charge >= 0.3 is 6.39 Å². The van der Waals surface area contributed by atoms with Crippen molar-refractivity contribution in [2.24, 2.45) is 0 Å². The SMILES string of the molecule is OC1CC(c2n[c]on2)C1. The molecule has 1 heterocycles. The zero-order chi connectivity index (χ0) is 6.97. The van der Waals surface area contributed by atoms with Crippen molar-refractivity contribution in [2.45, 2.75) is 24.9 Å². The molecule has 0 atom stereocenters. The smallest absolute Gasteiger partial charge is 0.316 e. The fourth-order valence-corrected chi connectivity index (χ4v) is 1.12. The van der Waals surface area contributed by atoms with Crippen LogP contribution in [0, 0.1) is 6.39 Å². The molecular formula is C6H7N2O2. The van der Waals surface area contributed by atoms with Gasteiger partial charge in [-0.15, -0.1) is 0 Å². The van der Waals surface area contributed by atoms with Crippen molar-refractivity contribution in [3.05, 3.63) is 12.2 Å². The second kappa shape index (κ2) is 2.05. The maximum Gasteiger partial charge on any atom is 0.316 e. The minimum Gasteiger partial charge on any atom is -0.393 e. The summed E-state index contributed by atoms with van der Waals surface area (Å²) in [5.74, 6) is 0.968. The summed E-state index contributed by atoms with van der Waals surface area (Å²) in [6.07, 6.45) is 3.63. The van der Waals surface area contributed by atoms with E-state index in [4.69, 9.17) is 5.11 Å². The molecule has 10 heavy (non-hydrogen) atoms. The van der Waals surface area contributed by atoms with Crippen LogP contribution in [0.25, 0.3) is 0 Å². The molecular weight excluding hydrogens is 132 g/mol. The van der Waals surface area contributed by atoms with Crippen molar-refractivity contribution >= 4 is 0 Å². The van der Waals surface area contributed by atoms with Crippen molar-refractivity contribution in [3.8, 4) is 0 Å². The van der Waals surface area contributed by atoms with E-state index in [2.05, 4.69) is 21.1 Å². The highest BCUT2D eigenvalue weighted by Crippen LogP contribution is 2.34. The fraction of sp³-hybridized carbons (Fsp3) is 0.667. The lowest BCUT2D eigenvalue weighted by Gasteiger charge is -2.28. The van der Waals surface area contributed by atoms with Gasteiger partial charge in [-0.25, -0.2) is 0 Å². The molecule has 1 aliphatic carbocycles. The summed E-state index contributed by atoms with van der Waals surface area (Å²) >= 11 is 0. The Hall–Kier alpha value is -0.900. The molecule has 1 N–H and O–H groups in total. The molecule has 0 bridgehead atoms. The summed E-state index contributed by atoms with van der Waals surface area (Å²) in [5, 5.41) is 12.5. The van der Waals surface area contributed by atoms with E-state index in [0.29, 0.717) is 11.7 Å². The van der Waals surface area contributed by atoms with Crippen LogP contribution >= 0.6 is 0 Å². The third-order valence-corrected chi connectivity index (χ3v) is 1.82. The molecule has 0 aromatic carbocycles. The van der Waals surface area contributed by atoms with Gasteiger partial charge in [0.2, 0.25) is 0 Å². The van der Waals surface area contributed by atoms with Gasteiger partial charge in [0.1, 0.15) is 0 Å². The van der Waals surface area contributed by atoms with E-state index in [9.17, 15) is 0 Å². The molecule has 53 valence electrons. The normalized spacial score (nSPS) is 31.7. The minimum atomic E-state index is -0.163. The van der Waals surface area contributed by atoms with Gasteiger partial charge in [0, 0.05) is 5.92 Å². The molecule has 0 amide bonds. The van der Waals surface area contributed by atoms with E-state index in [0.717, 1.165) is 12.8 Å². The Balaban J connectivity index is 2.04. The molecule has 0 spiro atoms. The average Bonchev–Trinajstić information content (AvgIpc) is 2.31. The highest BCUT2D eigenvalue weighted by Gasteiger charge is 2.31. The maximum absolute atomic E-state index is 8.92. The molecule has 1 saturated carbocycles. The van der Waals surface area contributed by atoms with E-state index in [1.54, 1.807) is 0 Å². The Morgan fingerprint density at radius 1 is 1.60 bits per heavy atom. The van der Waals surface area contributed by atoms with E-state index in [1.165, 1.54) is 0 Å². The molecule has 1 radical (unpaired) electrons. The highest BCUT2D eigenvalue weighted by atomic mass is 16.5. The molecule has 1 fully saturated rings. The number of aliphatic hydroxyl groups excluding tert-OH is 1. The minimum absolute atomic E-state index is 0.163. The lowest BCUT2D eigenvalue weighted by molar-refractivity contribution is 0.0708. The summed E-state index contributed by atoms with van der Waals surface area (Å²) < 4.78 is 4.44. The Labute approximate surface area is 57.9 Å². The van der Waals surface area contributed by atoms with Crippen molar-refractivity contribution in [2.75, 3.05) is 0 Å². The topological polar surface area (TPSA) is 59.2 Å². The molecule has 1 aliphatic rings. The first kappa shape index (κ1) is 5.85. The summed E-state index contributed by atoms with van der Waals surface area (Å²) in [6, 6.07) is 0. The first-order valence-electron chi connectivity index (χ1n) is 3.24. The first-order chi connectivity index (χ1) is 4.86. The second-order valence-corrected chi connectivity index (χ2v) is 2.57. The lowest BCUT2D eigenvalue weighted by Crippen LogP contribution is -2.27. The van der Waals surface area contributed by atoms with Crippen LogP contribution in [0.5, 0.6) is 0 Å². The van der Waals surface area contributed by atoms with Gasteiger partial charge < -0.3 is 9.63 Å². The number of nitrogens with zero attached hydrogens (tertiary/aromatic N) is 2. The third kappa shape index (κ3) is 0.806. The lowest BCUT2D eigenvalue weighted by atomic mass is 9.82. The molecule has 0 aliphatic heterocycles. The van der Waals surface area contributed by atoms with E-state index < -0.39 is 0 Å². The number of aromatic nitrogens is 2. The van der Waals surface area contributed by atoms with Crippen molar-refractivity contribution in [1.29, 1.82) is 0 Å². The maximum atomic E-state index is 8.92. The van der Waals surface area contributed by atoms with Crippen LogP contribution in [-0.2, 0) is 0 Å². The Kier molecular flexibility index (Phi) is 1.20. The molecule has 2 rings (SSSR count). The number of hydrogen-bond acceptors (Lipinski definition) is 4. The van der Waals surface area contributed by atoms with E-state index >= 15 is 0 Å². The van der Waals surface area contributed by atoms with Crippen molar-refractivity contribution < 1.29 is 9.63 Å². The Morgan fingerprint density at radius 3 is 2.90 bits per heavy atom. The van der Waals surface area contributed by atoms with Crippen LogP contribution in [0.15, 0.2) is 4.52 Å². The number of aliphatic hydroxyl groups is 1. The molecule has 4 nitrogen and oxygen atoms in total.